The first-order valence-electron chi connectivity index (χ1n) is 6.93. The Morgan fingerprint density at radius 1 is 1.45 bits per heavy atom. The number of carbonyl (C=O) groups is 1. The third-order valence-electron chi connectivity index (χ3n) is 3.75. The summed E-state index contributed by atoms with van der Waals surface area (Å²) in [5, 5.41) is 9.34. The maximum Gasteiger partial charge on any atom is 0.321 e. The van der Waals surface area contributed by atoms with E-state index in [1.807, 2.05) is 36.1 Å². The molecule has 5 heteroatoms. The van der Waals surface area contributed by atoms with Crippen LogP contribution in [0.25, 0.3) is 0 Å². The highest BCUT2D eigenvalue weighted by Gasteiger charge is 2.33. The molecule has 0 spiro atoms. The average molecular weight is 342 g/mol. The number of aliphatic carboxylic acids is 1. The molecular weight excluding hydrogens is 322 g/mol. The molecule has 1 N–H and O–H groups in total. The second kappa shape index (κ2) is 7.09. The van der Waals surface area contributed by atoms with Crippen molar-refractivity contribution in [3.8, 4) is 5.75 Å². The van der Waals surface area contributed by atoms with Gasteiger partial charge in [0.15, 0.2) is 0 Å². The first-order chi connectivity index (χ1) is 9.58. The average Bonchev–Trinajstić information content (AvgIpc) is 2.40. The lowest BCUT2D eigenvalue weighted by molar-refractivity contribution is -0.147. The van der Waals surface area contributed by atoms with Crippen LogP contribution in [0.2, 0.25) is 0 Å². The largest absolute Gasteiger partial charge is 0.492 e. The van der Waals surface area contributed by atoms with Crippen molar-refractivity contribution in [3.05, 3.63) is 28.7 Å². The summed E-state index contributed by atoms with van der Waals surface area (Å²) < 4.78 is 6.69. The summed E-state index contributed by atoms with van der Waals surface area (Å²) in [6.07, 6.45) is 2.05. The van der Waals surface area contributed by atoms with E-state index in [-0.39, 0.29) is 12.0 Å². The van der Waals surface area contributed by atoms with Crippen molar-refractivity contribution in [2.45, 2.75) is 25.8 Å². The van der Waals surface area contributed by atoms with Gasteiger partial charge in [0.05, 0.1) is 0 Å². The summed E-state index contributed by atoms with van der Waals surface area (Å²) in [7, 11) is 0. The summed E-state index contributed by atoms with van der Waals surface area (Å²) >= 11 is 3.38. The molecule has 1 fully saturated rings. The van der Waals surface area contributed by atoms with Crippen molar-refractivity contribution in [3.63, 3.8) is 0 Å². The molecule has 0 amide bonds. The van der Waals surface area contributed by atoms with Gasteiger partial charge in [-0.1, -0.05) is 22.9 Å². The van der Waals surface area contributed by atoms with Crippen LogP contribution >= 0.6 is 15.9 Å². The zero-order valence-corrected chi connectivity index (χ0v) is 13.2. The smallest absolute Gasteiger partial charge is 0.321 e. The van der Waals surface area contributed by atoms with E-state index in [9.17, 15) is 9.90 Å². The molecule has 1 aromatic carbocycles. The van der Waals surface area contributed by atoms with Gasteiger partial charge in [0.25, 0.3) is 0 Å². The van der Waals surface area contributed by atoms with Crippen LogP contribution in [0.4, 0.5) is 0 Å². The number of rotatable bonds is 5. The number of carboxylic acid groups (broad SMARTS) is 1. The lowest BCUT2D eigenvalue weighted by Crippen LogP contribution is -2.50. The molecule has 1 aliphatic rings. The van der Waals surface area contributed by atoms with Crippen LogP contribution < -0.4 is 4.74 Å². The highest BCUT2D eigenvalue weighted by molar-refractivity contribution is 9.10. The number of likely N-dealkylation sites (tertiary alicyclic amines) is 1. The lowest BCUT2D eigenvalue weighted by Gasteiger charge is -2.37. The predicted molar refractivity (Wildman–Crippen MR) is 81.0 cm³/mol. The molecule has 4 nitrogen and oxygen atoms in total. The Labute approximate surface area is 127 Å². The number of nitrogens with zero attached hydrogens (tertiary/aromatic N) is 1. The fourth-order valence-corrected chi connectivity index (χ4v) is 3.00. The minimum atomic E-state index is -0.721. The first kappa shape index (κ1) is 15.3. The SMILES string of the molecule is CC1CCCN(CCOc2ccc(Br)cc2)C1C(=O)O. The van der Waals surface area contributed by atoms with Crippen molar-refractivity contribution < 1.29 is 14.6 Å². The number of hydrogen-bond donors (Lipinski definition) is 1. The molecule has 110 valence electrons. The van der Waals surface area contributed by atoms with Gasteiger partial charge in [-0.15, -0.1) is 0 Å². The third kappa shape index (κ3) is 3.96. The van der Waals surface area contributed by atoms with E-state index in [1.165, 1.54) is 0 Å². The van der Waals surface area contributed by atoms with E-state index in [2.05, 4.69) is 15.9 Å². The Morgan fingerprint density at radius 2 is 2.15 bits per heavy atom. The van der Waals surface area contributed by atoms with E-state index in [0.29, 0.717) is 13.2 Å². The highest BCUT2D eigenvalue weighted by atomic mass is 79.9. The summed E-state index contributed by atoms with van der Waals surface area (Å²) in [6.45, 7) is 4.01. The number of ether oxygens (including phenoxy) is 1. The standard InChI is InChI=1S/C15H20BrNO3/c1-11-3-2-8-17(14(11)15(18)19)9-10-20-13-6-4-12(16)5-7-13/h4-7,11,14H,2-3,8-10H2,1H3,(H,18,19). The van der Waals surface area contributed by atoms with E-state index in [0.717, 1.165) is 29.6 Å². The van der Waals surface area contributed by atoms with Crippen molar-refractivity contribution in [1.82, 2.24) is 4.90 Å². The molecule has 0 aromatic heterocycles. The monoisotopic (exact) mass is 341 g/mol. The minimum Gasteiger partial charge on any atom is -0.492 e. The molecular formula is C15H20BrNO3. The van der Waals surface area contributed by atoms with Gasteiger partial charge in [-0.05, 0) is 49.6 Å². The van der Waals surface area contributed by atoms with E-state index in [4.69, 9.17) is 4.74 Å². The van der Waals surface area contributed by atoms with Crippen LogP contribution in [0.1, 0.15) is 19.8 Å². The van der Waals surface area contributed by atoms with Gasteiger partial charge >= 0.3 is 5.97 Å². The normalized spacial score (nSPS) is 23.5. The van der Waals surface area contributed by atoms with Crippen LogP contribution in [-0.4, -0.2) is 41.7 Å². The summed E-state index contributed by atoms with van der Waals surface area (Å²) in [5.74, 6) is 0.292. The predicted octanol–water partition coefficient (Wildman–Crippen LogP) is 3.01. The summed E-state index contributed by atoms with van der Waals surface area (Å²) in [6, 6.07) is 7.28. The van der Waals surface area contributed by atoms with Crippen LogP contribution in [0, 0.1) is 5.92 Å². The molecule has 2 atom stereocenters. The molecule has 0 bridgehead atoms. The maximum atomic E-state index is 11.4. The topological polar surface area (TPSA) is 49.8 Å². The van der Waals surface area contributed by atoms with Gasteiger partial charge in [-0.25, -0.2) is 0 Å². The van der Waals surface area contributed by atoms with Gasteiger partial charge < -0.3 is 9.84 Å². The summed E-state index contributed by atoms with van der Waals surface area (Å²) in [4.78, 5) is 13.4. The summed E-state index contributed by atoms with van der Waals surface area (Å²) in [5.41, 5.74) is 0. The molecule has 1 heterocycles. The Kier molecular flexibility index (Phi) is 5.43. The van der Waals surface area contributed by atoms with Gasteiger partial charge in [0.2, 0.25) is 0 Å². The fourth-order valence-electron chi connectivity index (χ4n) is 2.74. The van der Waals surface area contributed by atoms with E-state index < -0.39 is 5.97 Å². The molecule has 20 heavy (non-hydrogen) atoms. The number of carboxylic acids is 1. The van der Waals surface area contributed by atoms with Gasteiger partial charge in [0.1, 0.15) is 18.4 Å². The van der Waals surface area contributed by atoms with Crippen molar-refractivity contribution in [2.75, 3.05) is 19.7 Å². The highest BCUT2D eigenvalue weighted by Crippen LogP contribution is 2.23. The number of piperidine rings is 1. The van der Waals surface area contributed by atoms with Gasteiger partial charge in [-0.3, -0.25) is 9.69 Å². The van der Waals surface area contributed by atoms with Gasteiger partial charge in [0, 0.05) is 11.0 Å². The van der Waals surface area contributed by atoms with Crippen LogP contribution in [0.5, 0.6) is 5.75 Å². The van der Waals surface area contributed by atoms with Crippen molar-refractivity contribution in [1.29, 1.82) is 0 Å². The van der Waals surface area contributed by atoms with Gasteiger partial charge in [-0.2, -0.15) is 0 Å². The molecule has 0 aliphatic carbocycles. The third-order valence-corrected chi connectivity index (χ3v) is 4.28. The zero-order chi connectivity index (χ0) is 14.5. The van der Waals surface area contributed by atoms with Crippen molar-refractivity contribution in [2.24, 2.45) is 5.92 Å². The quantitative estimate of drug-likeness (QED) is 0.894. The second-order valence-electron chi connectivity index (χ2n) is 5.24. The molecule has 1 saturated heterocycles. The fraction of sp³-hybridized carbons (Fsp3) is 0.533. The zero-order valence-electron chi connectivity index (χ0n) is 11.6. The Balaban J connectivity index is 1.85. The minimum absolute atomic E-state index is 0.203. The van der Waals surface area contributed by atoms with E-state index in [1.54, 1.807) is 0 Å². The Hall–Kier alpha value is -1.07. The molecule has 1 aliphatic heterocycles. The lowest BCUT2D eigenvalue weighted by atomic mass is 9.91. The molecule has 0 saturated carbocycles. The van der Waals surface area contributed by atoms with Crippen molar-refractivity contribution >= 4 is 21.9 Å². The van der Waals surface area contributed by atoms with E-state index >= 15 is 0 Å². The Morgan fingerprint density at radius 3 is 2.80 bits per heavy atom. The number of hydrogen-bond acceptors (Lipinski definition) is 3. The van der Waals surface area contributed by atoms with Crippen LogP contribution in [0.15, 0.2) is 28.7 Å². The number of benzene rings is 1. The maximum absolute atomic E-state index is 11.4. The molecule has 0 radical (unpaired) electrons. The van der Waals surface area contributed by atoms with Crippen LogP contribution in [0.3, 0.4) is 0 Å². The van der Waals surface area contributed by atoms with Crippen LogP contribution in [-0.2, 0) is 4.79 Å². The molecule has 2 rings (SSSR count). The first-order valence-corrected chi connectivity index (χ1v) is 7.72. The molecule has 1 aromatic rings. The molecule has 2 unspecified atom stereocenters. The second-order valence-corrected chi connectivity index (χ2v) is 6.16. The number of halogens is 1. The Bertz CT molecular complexity index is 449.